The number of carbonyl (C=O) groups is 2. The van der Waals surface area contributed by atoms with E-state index in [2.05, 4.69) is 15.4 Å². The number of hydrogen-bond donors (Lipinski definition) is 1. The van der Waals surface area contributed by atoms with Crippen molar-refractivity contribution in [2.45, 2.75) is 76.0 Å². The fourth-order valence-electron chi connectivity index (χ4n) is 5.42. The van der Waals surface area contributed by atoms with Crippen LogP contribution in [0.15, 0.2) is 42.6 Å². The van der Waals surface area contributed by atoms with E-state index in [0.717, 1.165) is 12.5 Å². The van der Waals surface area contributed by atoms with Gasteiger partial charge in [-0.1, -0.05) is 41.9 Å². The Hall–Kier alpha value is -3.41. The van der Waals surface area contributed by atoms with E-state index in [1.807, 2.05) is 30.3 Å². The van der Waals surface area contributed by atoms with Gasteiger partial charge >= 0.3 is 12.0 Å². The third-order valence-electron chi connectivity index (χ3n) is 7.80. The van der Waals surface area contributed by atoms with Crippen LogP contribution in [0.2, 0.25) is 5.15 Å². The number of imidazole rings is 1. The number of alkyl halides is 4. The van der Waals surface area contributed by atoms with Crippen LogP contribution in [0.3, 0.4) is 0 Å². The number of ether oxygens (including phenoxy) is 1. The molecule has 1 saturated carbocycles. The summed E-state index contributed by atoms with van der Waals surface area (Å²) >= 11 is 6.38. The third kappa shape index (κ3) is 6.91. The van der Waals surface area contributed by atoms with Crippen molar-refractivity contribution in [2.24, 2.45) is 5.92 Å². The molecular formula is C28H30ClF4N5O3. The number of amides is 2. The number of halogens is 5. The number of carbonyl (C=O) groups excluding carboxylic acids is 2. The zero-order valence-corrected chi connectivity index (χ0v) is 23.1. The maximum Gasteiger partial charge on any atom is 0.318 e. The molecule has 3 aromatic rings. The average Bonchev–Trinajstić information content (AvgIpc) is 3.50. The summed E-state index contributed by atoms with van der Waals surface area (Å²) in [6, 6.07) is 8.84. The average molecular weight is 596 g/mol. The minimum Gasteiger partial charge on any atom is -0.461 e. The molecule has 0 spiro atoms. The molecule has 220 valence electrons. The van der Waals surface area contributed by atoms with Crippen LogP contribution < -0.4 is 5.32 Å². The highest BCUT2D eigenvalue weighted by Crippen LogP contribution is 2.43. The summed E-state index contributed by atoms with van der Waals surface area (Å²) < 4.78 is 62.3. The summed E-state index contributed by atoms with van der Waals surface area (Å²) in [4.78, 5) is 31.0. The molecule has 0 bridgehead atoms. The fraction of sp³-hybridized carbons (Fsp3) is 0.500. The first-order chi connectivity index (χ1) is 19.4. The Morgan fingerprint density at radius 2 is 1.95 bits per heavy atom. The van der Waals surface area contributed by atoms with Gasteiger partial charge in [0.25, 0.3) is 5.92 Å². The molecule has 41 heavy (non-hydrogen) atoms. The minimum atomic E-state index is -3.09. The number of nitrogens with one attached hydrogen (secondary N) is 1. The number of esters is 1. The van der Waals surface area contributed by atoms with Gasteiger partial charge in [0.2, 0.25) is 5.92 Å². The van der Waals surface area contributed by atoms with Gasteiger partial charge in [-0.15, -0.1) is 0 Å². The molecule has 1 unspecified atom stereocenters. The highest BCUT2D eigenvalue weighted by molar-refractivity contribution is 6.30. The lowest BCUT2D eigenvalue weighted by atomic mass is 9.76. The molecule has 2 aliphatic rings. The fourth-order valence-corrected chi connectivity index (χ4v) is 5.61. The molecule has 1 aromatic carbocycles. The smallest absolute Gasteiger partial charge is 0.318 e. The van der Waals surface area contributed by atoms with E-state index in [9.17, 15) is 27.2 Å². The van der Waals surface area contributed by atoms with Crippen molar-refractivity contribution in [3.05, 3.63) is 64.6 Å². The molecule has 2 aromatic heterocycles. The van der Waals surface area contributed by atoms with Gasteiger partial charge in [0, 0.05) is 37.8 Å². The number of hydrogen-bond acceptors (Lipinski definition) is 5. The van der Waals surface area contributed by atoms with Crippen molar-refractivity contribution in [3.8, 4) is 0 Å². The van der Waals surface area contributed by atoms with E-state index in [-0.39, 0.29) is 62.9 Å². The largest absolute Gasteiger partial charge is 0.461 e. The van der Waals surface area contributed by atoms with Crippen molar-refractivity contribution in [1.29, 1.82) is 0 Å². The van der Waals surface area contributed by atoms with Gasteiger partial charge in [-0.05, 0) is 30.4 Å². The summed E-state index contributed by atoms with van der Waals surface area (Å²) in [5.74, 6) is -7.01. The summed E-state index contributed by atoms with van der Waals surface area (Å²) in [5, 5.41) is 6.64. The van der Waals surface area contributed by atoms with Gasteiger partial charge in [-0.2, -0.15) is 5.10 Å². The van der Waals surface area contributed by atoms with Crippen molar-refractivity contribution >= 4 is 29.2 Å². The van der Waals surface area contributed by atoms with Crippen LogP contribution in [0.5, 0.6) is 0 Å². The molecule has 3 heterocycles. The second-order valence-electron chi connectivity index (χ2n) is 10.9. The second-order valence-corrected chi connectivity index (χ2v) is 11.3. The standard InChI is InChI=1S/C28H30ClF4N5O3/c1-27(30,31)22-15-37(26(40)35-22)13-19-11-23-34-21(14-38(23)36-25(19)29)20(18-7-9-28(32,33)10-8-18)12-24(39)41-16-17-5-3-2-4-6-17/h2-6,11,14,18,20,22H,7-10,12-13,15-16H2,1H3,(H,35,40)/t20?,22-/m0/s1. The van der Waals surface area contributed by atoms with Gasteiger partial charge in [0.15, 0.2) is 10.8 Å². The van der Waals surface area contributed by atoms with Gasteiger partial charge in [-0.3, -0.25) is 4.79 Å². The van der Waals surface area contributed by atoms with Crippen LogP contribution in [0.25, 0.3) is 5.65 Å². The highest BCUT2D eigenvalue weighted by atomic mass is 35.5. The normalized spacial score (nSPS) is 20.3. The molecule has 5 rings (SSSR count). The molecule has 13 heteroatoms. The Bertz CT molecular complexity index is 1400. The number of fused-ring (bicyclic) bond motifs is 1. The predicted octanol–water partition coefficient (Wildman–Crippen LogP) is 5.97. The number of aromatic nitrogens is 3. The lowest BCUT2D eigenvalue weighted by Gasteiger charge is -2.32. The van der Waals surface area contributed by atoms with E-state index in [4.69, 9.17) is 16.3 Å². The Kier molecular flexibility index (Phi) is 8.13. The van der Waals surface area contributed by atoms with Crippen LogP contribution in [-0.4, -0.2) is 55.9 Å². The molecule has 1 N–H and O–H groups in total. The third-order valence-corrected chi connectivity index (χ3v) is 8.12. The SMILES string of the molecule is CC(F)(F)[C@@H]1CN(Cc2cc3nc(C(CC(=O)OCc4ccccc4)C4CCC(F)(F)CC4)cn3nc2Cl)C(=O)N1. The van der Waals surface area contributed by atoms with Gasteiger partial charge in [0.05, 0.1) is 24.9 Å². The number of urea groups is 1. The molecule has 2 atom stereocenters. The number of nitrogens with zero attached hydrogens (tertiary/aromatic N) is 4. The van der Waals surface area contributed by atoms with E-state index in [1.165, 1.54) is 9.42 Å². The van der Waals surface area contributed by atoms with Crippen molar-refractivity contribution in [2.75, 3.05) is 6.54 Å². The minimum absolute atomic E-state index is 0.0475. The molecule has 2 fully saturated rings. The van der Waals surface area contributed by atoms with Gasteiger partial charge in [0.1, 0.15) is 12.6 Å². The molecule has 2 amide bonds. The zero-order chi connectivity index (χ0) is 29.4. The summed E-state index contributed by atoms with van der Waals surface area (Å²) in [6.07, 6.45) is 1.47. The van der Waals surface area contributed by atoms with E-state index in [1.54, 1.807) is 12.3 Å². The predicted molar refractivity (Wildman–Crippen MR) is 142 cm³/mol. The first-order valence-electron chi connectivity index (χ1n) is 13.4. The van der Waals surface area contributed by atoms with E-state index in [0.29, 0.717) is 16.9 Å². The molecule has 1 aliphatic heterocycles. The Balaban J connectivity index is 1.36. The van der Waals surface area contributed by atoms with Crippen LogP contribution in [0.1, 0.15) is 61.8 Å². The molecule has 8 nitrogen and oxygen atoms in total. The maximum absolute atomic E-state index is 13.9. The Morgan fingerprint density at radius 1 is 1.24 bits per heavy atom. The lowest BCUT2D eigenvalue weighted by molar-refractivity contribution is -0.146. The van der Waals surface area contributed by atoms with Crippen LogP contribution in [0.4, 0.5) is 22.4 Å². The molecule has 0 radical (unpaired) electrons. The number of rotatable bonds is 9. The monoisotopic (exact) mass is 595 g/mol. The maximum atomic E-state index is 13.9. The van der Waals surface area contributed by atoms with E-state index >= 15 is 0 Å². The molecule has 1 aliphatic carbocycles. The summed E-state index contributed by atoms with van der Waals surface area (Å²) in [6.45, 7) is 0.573. The zero-order valence-electron chi connectivity index (χ0n) is 22.3. The second kappa shape index (κ2) is 11.5. The topological polar surface area (TPSA) is 88.8 Å². The quantitative estimate of drug-likeness (QED) is 0.243. The van der Waals surface area contributed by atoms with Crippen molar-refractivity contribution in [1.82, 2.24) is 24.8 Å². The van der Waals surface area contributed by atoms with Gasteiger partial charge in [-0.25, -0.2) is 31.9 Å². The highest BCUT2D eigenvalue weighted by Gasteiger charge is 2.43. The molecular weight excluding hydrogens is 566 g/mol. The summed E-state index contributed by atoms with van der Waals surface area (Å²) in [5.41, 5.74) is 2.08. The van der Waals surface area contributed by atoms with Crippen LogP contribution in [-0.2, 0) is 22.7 Å². The van der Waals surface area contributed by atoms with Crippen molar-refractivity contribution in [3.63, 3.8) is 0 Å². The first kappa shape index (κ1) is 29.1. The molecule has 1 saturated heterocycles. The Labute approximate surface area is 239 Å². The van der Waals surface area contributed by atoms with Gasteiger partial charge < -0.3 is 15.0 Å². The summed E-state index contributed by atoms with van der Waals surface area (Å²) in [7, 11) is 0. The lowest BCUT2D eigenvalue weighted by Crippen LogP contribution is -2.41. The van der Waals surface area contributed by atoms with Crippen LogP contribution in [0, 0.1) is 5.92 Å². The van der Waals surface area contributed by atoms with E-state index < -0.39 is 35.8 Å². The first-order valence-corrected chi connectivity index (χ1v) is 13.8. The number of benzene rings is 1. The van der Waals surface area contributed by atoms with Crippen molar-refractivity contribution < 1.29 is 31.9 Å². The Morgan fingerprint density at radius 3 is 2.61 bits per heavy atom. The van der Waals surface area contributed by atoms with Crippen LogP contribution >= 0.6 is 11.6 Å².